The van der Waals surface area contributed by atoms with Crippen LogP contribution in [0, 0.1) is 5.82 Å². The van der Waals surface area contributed by atoms with Crippen LogP contribution in [0.2, 0.25) is 5.02 Å². The summed E-state index contributed by atoms with van der Waals surface area (Å²) in [4.78, 5) is 34.1. The van der Waals surface area contributed by atoms with E-state index in [0.29, 0.717) is 22.9 Å². The number of anilines is 2. The lowest BCUT2D eigenvalue weighted by Crippen LogP contribution is -2.21. The third kappa shape index (κ3) is 6.34. The molecular weight excluding hydrogens is 485 g/mol. The summed E-state index contributed by atoms with van der Waals surface area (Å²) in [6, 6.07) is 8.37. The Labute approximate surface area is 202 Å². The summed E-state index contributed by atoms with van der Waals surface area (Å²) in [6.45, 7) is 0.600. The maximum absolute atomic E-state index is 14.6. The number of aromatic nitrogens is 2. The normalized spacial score (nSPS) is 11.5. The van der Waals surface area contributed by atoms with E-state index in [0.717, 1.165) is 12.3 Å². The molecule has 0 bridgehead atoms. The van der Waals surface area contributed by atoms with Gasteiger partial charge in [0.25, 0.3) is 11.8 Å². The summed E-state index contributed by atoms with van der Waals surface area (Å²) in [7, 11) is -1.31. The molecule has 1 atom stereocenters. The van der Waals surface area contributed by atoms with E-state index in [-0.39, 0.29) is 29.4 Å². The fourth-order valence-corrected chi connectivity index (χ4v) is 3.43. The zero-order valence-corrected chi connectivity index (χ0v) is 19.6. The highest BCUT2D eigenvalue weighted by atomic mass is 35.5. The SMILES string of the molecule is CS(=O)c1ccc(C(=O)Nc2c(F)ccnc2C(=O)Nc2ccc(Cl)cn2)c(OCCCN)c1. The molecule has 0 fully saturated rings. The van der Waals surface area contributed by atoms with Crippen molar-refractivity contribution in [3.05, 3.63) is 70.9 Å². The molecule has 4 N–H and O–H groups in total. The molecule has 9 nitrogen and oxygen atoms in total. The first-order chi connectivity index (χ1) is 16.3. The number of hydrogen-bond donors (Lipinski definition) is 3. The van der Waals surface area contributed by atoms with Crippen molar-refractivity contribution in [3.8, 4) is 5.75 Å². The van der Waals surface area contributed by atoms with Crippen molar-refractivity contribution >= 4 is 45.7 Å². The van der Waals surface area contributed by atoms with Gasteiger partial charge in [-0.15, -0.1) is 0 Å². The van der Waals surface area contributed by atoms with Crippen LogP contribution in [0.25, 0.3) is 0 Å². The number of hydrogen-bond acceptors (Lipinski definition) is 7. The minimum absolute atomic E-state index is 0.0557. The Bertz CT molecular complexity index is 1230. The lowest BCUT2D eigenvalue weighted by molar-refractivity contribution is 0.102. The predicted molar refractivity (Wildman–Crippen MR) is 127 cm³/mol. The Morgan fingerprint density at radius 2 is 1.94 bits per heavy atom. The second-order valence-corrected chi connectivity index (χ2v) is 8.71. The molecule has 1 unspecified atom stereocenters. The number of amides is 2. The van der Waals surface area contributed by atoms with Crippen LogP contribution in [0.4, 0.5) is 15.9 Å². The average Bonchev–Trinajstić information content (AvgIpc) is 2.81. The van der Waals surface area contributed by atoms with Crippen LogP contribution in [0.3, 0.4) is 0 Å². The van der Waals surface area contributed by atoms with Crippen molar-refractivity contribution < 1.29 is 22.9 Å². The quantitative estimate of drug-likeness (QED) is 0.380. The van der Waals surface area contributed by atoms with Gasteiger partial charge in [-0.1, -0.05) is 11.6 Å². The Morgan fingerprint density at radius 3 is 2.62 bits per heavy atom. The second kappa shape index (κ2) is 11.6. The number of nitrogens with one attached hydrogen (secondary N) is 2. The Balaban J connectivity index is 1.89. The third-order valence-electron chi connectivity index (χ3n) is 4.46. The van der Waals surface area contributed by atoms with Gasteiger partial charge in [0.15, 0.2) is 11.5 Å². The molecule has 0 saturated carbocycles. The monoisotopic (exact) mass is 505 g/mol. The molecule has 178 valence electrons. The topological polar surface area (TPSA) is 136 Å². The summed E-state index contributed by atoms with van der Waals surface area (Å²) in [5, 5.41) is 5.24. The summed E-state index contributed by atoms with van der Waals surface area (Å²) >= 11 is 5.79. The number of halogens is 2. The number of carbonyl (C=O) groups is 2. The number of carbonyl (C=O) groups excluding carboxylic acids is 2. The molecule has 3 aromatic rings. The van der Waals surface area contributed by atoms with Crippen LogP contribution < -0.4 is 21.1 Å². The zero-order valence-electron chi connectivity index (χ0n) is 18.0. The second-order valence-electron chi connectivity index (χ2n) is 6.89. The van der Waals surface area contributed by atoms with Gasteiger partial charge in [-0.25, -0.2) is 14.4 Å². The lowest BCUT2D eigenvalue weighted by atomic mass is 10.1. The van der Waals surface area contributed by atoms with Crippen molar-refractivity contribution in [2.45, 2.75) is 11.3 Å². The third-order valence-corrected chi connectivity index (χ3v) is 5.60. The maximum Gasteiger partial charge on any atom is 0.277 e. The molecule has 0 saturated heterocycles. The van der Waals surface area contributed by atoms with E-state index in [9.17, 15) is 18.2 Å². The molecule has 0 aliphatic rings. The minimum Gasteiger partial charge on any atom is -0.493 e. The van der Waals surface area contributed by atoms with Crippen LogP contribution in [-0.2, 0) is 10.8 Å². The van der Waals surface area contributed by atoms with Crippen LogP contribution >= 0.6 is 11.6 Å². The molecule has 34 heavy (non-hydrogen) atoms. The van der Waals surface area contributed by atoms with Gasteiger partial charge in [-0.2, -0.15) is 0 Å². The summed E-state index contributed by atoms with van der Waals surface area (Å²) < 4.78 is 32.1. The highest BCUT2D eigenvalue weighted by molar-refractivity contribution is 7.84. The van der Waals surface area contributed by atoms with Crippen LogP contribution in [0.5, 0.6) is 5.75 Å². The molecule has 2 amide bonds. The van der Waals surface area contributed by atoms with Gasteiger partial charge in [0.2, 0.25) is 0 Å². The summed E-state index contributed by atoms with van der Waals surface area (Å²) in [5.74, 6) is -2.09. The van der Waals surface area contributed by atoms with Crippen molar-refractivity contribution in [2.75, 3.05) is 30.0 Å². The van der Waals surface area contributed by atoms with Crippen LogP contribution in [-0.4, -0.2) is 45.4 Å². The molecular formula is C22H21ClFN5O4S. The molecule has 0 aliphatic carbocycles. The fourth-order valence-electron chi connectivity index (χ4n) is 2.79. The van der Waals surface area contributed by atoms with Gasteiger partial charge < -0.3 is 21.1 Å². The first-order valence-corrected chi connectivity index (χ1v) is 11.9. The number of ether oxygens (including phenoxy) is 1. The van der Waals surface area contributed by atoms with E-state index in [1.807, 2.05) is 0 Å². The van der Waals surface area contributed by atoms with E-state index in [2.05, 4.69) is 20.6 Å². The van der Waals surface area contributed by atoms with E-state index in [1.165, 1.54) is 42.8 Å². The molecule has 2 heterocycles. The molecule has 0 radical (unpaired) electrons. The van der Waals surface area contributed by atoms with E-state index in [4.69, 9.17) is 22.1 Å². The van der Waals surface area contributed by atoms with Crippen LogP contribution in [0.15, 0.2) is 53.7 Å². The largest absolute Gasteiger partial charge is 0.493 e. The van der Waals surface area contributed by atoms with Gasteiger partial charge in [0.05, 0.1) is 17.2 Å². The maximum atomic E-state index is 14.6. The number of nitrogens with zero attached hydrogens (tertiary/aromatic N) is 2. The molecule has 12 heteroatoms. The molecule has 1 aromatic carbocycles. The van der Waals surface area contributed by atoms with Crippen LogP contribution in [0.1, 0.15) is 27.3 Å². The molecule has 0 spiro atoms. The van der Waals surface area contributed by atoms with Crippen molar-refractivity contribution in [2.24, 2.45) is 5.73 Å². The van der Waals surface area contributed by atoms with E-state index >= 15 is 0 Å². The number of nitrogens with two attached hydrogens (primary N) is 1. The van der Waals surface area contributed by atoms with Gasteiger partial charge in [-0.05, 0) is 49.4 Å². The van der Waals surface area contributed by atoms with Gasteiger partial charge in [-0.3, -0.25) is 13.8 Å². The predicted octanol–water partition coefficient (Wildman–Crippen LogP) is 3.24. The van der Waals surface area contributed by atoms with E-state index < -0.39 is 34.1 Å². The van der Waals surface area contributed by atoms with E-state index in [1.54, 1.807) is 0 Å². The lowest BCUT2D eigenvalue weighted by Gasteiger charge is -2.14. The summed E-state index contributed by atoms with van der Waals surface area (Å²) in [6.07, 6.45) is 4.45. The van der Waals surface area contributed by atoms with Crippen molar-refractivity contribution in [1.82, 2.24) is 9.97 Å². The Morgan fingerprint density at radius 1 is 1.15 bits per heavy atom. The standard InChI is InChI=1S/C22H21ClFN5O4S/c1-34(32)14-4-5-15(17(11-14)33-10-2-8-25)21(30)29-19-16(24)7-9-26-20(19)22(31)28-18-6-3-13(23)12-27-18/h3-7,9,11-12H,2,8,10,25H2,1H3,(H,29,30)(H,27,28,31). The Hall–Kier alpha value is -3.41. The molecule has 0 aliphatic heterocycles. The van der Waals surface area contributed by atoms with Gasteiger partial charge in [0, 0.05) is 34.3 Å². The fraction of sp³-hybridized carbons (Fsp3) is 0.182. The highest BCUT2D eigenvalue weighted by Crippen LogP contribution is 2.26. The molecule has 2 aromatic heterocycles. The average molecular weight is 506 g/mol. The first-order valence-electron chi connectivity index (χ1n) is 9.99. The minimum atomic E-state index is -1.31. The number of rotatable bonds is 9. The number of pyridine rings is 2. The first kappa shape index (κ1) is 25.2. The number of benzene rings is 1. The van der Waals surface area contributed by atoms with Gasteiger partial charge in [0.1, 0.15) is 17.3 Å². The van der Waals surface area contributed by atoms with Crippen molar-refractivity contribution in [3.63, 3.8) is 0 Å². The molecule has 3 rings (SSSR count). The Kier molecular flexibility index (Phi) is 8.63. The van der Waals surface area contributed by atoms with Gasteiger partial charge >= 0.3 is 0 Å². The smallest absolute Gasteiger partial charge is 0.277 e. The zero-order chi connectivity index (χ0) is 24.7. The van der Waals surface area contributed by atoms with Crippen molar-refractivity contribution in [1.29, 1.82) is 0 Å². The summed E-state index contributed by atoms with van der Waals surface area (Å²) in [5.41, 5.74) is 4.76. The highest BCUT2D eigenvalue weighted by Gasteiger charge is 2.22.